The van der Waals surface area contributed by atoms with Crippen LogP contribution in [-0.2, 0) is 6.42 Å². The summed E-state index contributed by atoms with van der Waals surface area (Å²) in [5, 5.41) is 6.33. The van der Waals surface area contributed by atoms with Gasteiger partial charge in [-0.1, -0.05) is 36.4 Å². The van der Waals surface area contributed by atoms with E-state index in [1.807, 2.05) is 18.2 Å². The van der Waals surface area contributed by atoms with E-state index in [1.54, 1.807) is 18.2 Å². The van der Waals surface area contributed by atoms with Gasteiger partial charge in [0.1, 0.15) is 23.8 Å². The van der Waals surface area contributed by atoms with Gasteiger partial charge >= 0.3 is 0 Å². The van der Waals surface area contributed by atoms with Crippen molar-refractivity contribution < 1.29 is 4.39 Å². The van der Waals surface area contributed by atoms with Crippen molar-refractivity contribution >= 4 is 17.3 Å². The molecule has 0 saturated heterocycles. The van der Waals surface area contributed by atoms with Crippen LogP contribution in [0.5, 0.6) is 0 Å². The molecule has 5 heteroatoms. The molecule has 23 heavy (non-hydrogen) atoms. The quantitative estimate of drug-likeness (QED) is 0.722. The van der Waals surface area contributed by atoms with Crippen LogP contribution in [0.2, 0.25) is 0 Å². The Labute approximate surface area is 134 Å². The summed E-state index contributed by atoms with van der Waals surface area (Å²) in [6, 6.07) is 18.3. The Morgan fingerprint density at radius 3 is 2.52 bits per heavy atom. The Morgan fingerprint density at radius 2 is 1.70 bits per heavy atom. The molecule has 0 atom stereocenters. The van der Waals surface area contributed by atoms with Crippen LogP contribution in [0, 0.1) is 5.82 Å². The summed E-state index contributed by atoms with van der Waals surface area (Å²) in [7, 11) is 0. The van der Waals surface area contributed by atoms with Crippen LogP contribution in [0.3, 0.4) is 0 Å². The third-order valence-electron chi connectivity index (χ3n) is 3.33. The minimum atomic E-state index is -0.287. The van der Waals surface area contributed by atoms with Gasteiger partial charge in [0.25, 0.3) is 0 Å². The smallest absolute Gasteiger partial charge is 0.135 e. The average molecular weight is 308 g/mol. The van der Waals surface area contributed by atoms with Crippen molar-refractivity contribution in [3.63, 3.8) is 0 Å². The highest BCUT2D eigenvalue weighted by Crippen LogP contribution is 2.17. The summed E-state index contributed by atoms with van der Waals surface area (Å²) < 4.78 is 13.2. The van der Waals surface area contributed by atoms with Gasteiger partial charge in [-0.3, -0.25) is 0 Å². The van der Waals surface area contributed by atoms with Crippen molar-refractivity contribution in [1.29, 1.82) is 0 Å². The lowest BCUT2D eigenvalue weighted by molar-refractivity contribution is 0.628. The number of benzene rings is 2. The molecule has 0 radical (unpaired) electrons. The summed E-state index contributed by atoms with van der Waals surface area (Å²) in [6.07, 6.45) is 2.39. The molecule has 0 saturated carbocycles. The molecule has 116 valence electrons. The van der Waals surface area contributed by atoms with Crippen LogP contribution < -0.4 is 10.6 Å². The van der Waals surface area contributed by atoms with Gasteiger partial charge in [0.15, 0.2) is 0 Å². The van der Waals surface area contributed by atoms with Crippen molar-refractivity contribution in [3.05, 3.63) is 78.4 Å². The molecule has 0 aliphatic carbocycles. The van der Waals surface area contributed by atoms with Crippen LogP contribution in [0.4, 0.5) is 21.7 Å². The van der Waals surface area contributed by atoms with Crippen molar-refractivity contribution in [1.82, 2.24) is 9.97 Å². The highest BCUT2D eigenvalue weighted by atomic mass is 19.1. The topological polar surface area (TPSA) is 49.8 Å². The van der Waals surface area contributed by atoms with Gasteiger partial charge in [-0.25, -0.2) is 14.4 Å². The monoisotopic (exact) mass is 308 g/mol. The van der Waals surface area contributed by atoms with Crippen LogP contribution in [0.1, 0.15) is 5.56 Å². The van der Waals surface area contributed by atoms with E-state index < -0.39 is 0 Å². The number of halogens is 1. The van der Waals surface area contributed by atoms with Crippen LogP contribution in [0.25, 0.3) is 0 Å². The molecule has 1 heterocycles. The van der Waals surface area contributed by atoms with Gasteiger partial charge in [0.05, 0.1) is 0 Å². The van der Waals surface area contributed by atoms with Crippen molar-refractivity contribution in [2.24, 2.45) is 0 Å². The van der Waals surface area contributed by atoms with Crippen LogP contribution >= 0.6 is 0 Å². The minimum absolute atomic E-state index is 0.287. The number of hydrogen-bond donors (Lipinski definition) is 2. The predicted octanol–water partition coefficient (Wildman–Crippen LogP) is 4.01. The molecule has 2 aromatic carbocycles. The zero-order valence-corrected chi connectivity index (χ0v) is 12.5. The highest BCUT2D eigenvalue weighted by molar-refractivity contribution is 5.58. The molecule has 0 aliphatic heterocycles. The largest absolute Gasteiger partial charge is 0.370 e. The number of hydrogen-bond acceptors (Lipinski definition) is 4. The molecule has 2 N–H and O–H groups in total. The Bertz CT molecular complexity index is 762. The van der Waals surface area contributed by atoms with E-state index >= 15 is 0 Å². The van der Waals surface area contributed by atoms with E-state index in [4.69, 9.17) is 0 Å². The molecule has 0 fully saturated rings. The van der Waals surface area contributed by atoms with E-state index in [0.29, 0.717) is 11.5 Å². The maximum Gasteiger partial charge on any atom is 0.135 e. The van der Waals surface area contributed by atoms with Crippen molar-refractivity contribution in [3.8, 4) is 0 Å². The van der Waals surface area contributed by atoms with Gasteiger partial charge < -0.3 is 10.6 Å². The summed E-state index contributed by atoms with van der Waals surface area (Å²) in [6.45, 7) is 0.778. The first kappa shape index (κ1) is 15.0. The molecule has 1 aromatic heterocycles. The number of anilines is 3. The number of nitrogens with one attached hydrogen (secondary N) is 2. The van der Waals surface area contributed by atoms with E-state index in [1.165, 1.54) is 24.0 Å². The molecule has 3 rings (SSSR count). The first-order valence-corrected chi connectivity index (χ1v) is 7.42. The molecule has 0 bridgehead atoms. The van der Waals surface area contributed by atoms with E-state index in [-0.39, 0.29) is 5.82 Å². The fourth-order valence-corrected chi connectivity index (χ4v) is 2.22. The normalized spacial score (nSPS) is 10.3. The Hall–Kier alpha value is -2.95. The summed E-state index contributed by atoms with van der Waals surface area (Å²) in [4.78, 5) is 8.34. The zero-order valence-electron chi connectivity index (χ0n) is 12.5. The number of aromatic nitrogens is 2. The minimum Gasteiger partial charge on any atom is -0.370 e. The first-order chi connectivity index (χ1) is 11.3. The SMILES string of the molecule is Fc1cccc(Nc2cc(NCCc3ccccc3)ncn2)c1. The lowest BCUT2D eigenvalue weighted by Crippen LogP contribution is -2.07. The fourth-order valence-electron chi connectivity index (χ4n) is 2.22. The summed E-state index contributed by atoms with van der Waals surface area (Å²) in [5.74, 6) is 1.06. The molecule has 4 nitrogen and oxygen atoms in total. The van der Waals surface area contributed by atoms with Crippen LogP contribution in [0.15, 0.2) is 67.0 Å². The van der Waals surface area contributed by atoms with E-state index in [9.17, 15) is 4.39 Å². The zero-order chi connectivity index (χ0) is 15.9. The van der Waals surface area contributed by atoms with Crippen LogP contribution in [-0.4, -0.2) is 16.5 Å². The number of rotatable bonds is 6. The third kappa shape index (κ3) is 4.51. The molecule has 0 spiro atoms. The maximum absolute atomic E-state index is 13.2. The third-order valence-corrected chi connectivity index (χ3v) is 3.33. The predicted molar refractivity (Wildman–Crippen MR) is 90.4 cm³/mol. The lowest BCUT2D eigenvalue weighted by atomic mass is 10.1. The Balaban J connectivity index is 1.59. The number of nitrogens with zero attached hydrogens (tertiary/aromatic N) is 2. The van der Waals surface area contributed by atoms with E-state index in [0.717, 1.165) is 18.8 Å². The van der Waals surface area contributed by atoms with E-state index in [2.05, 4.69) is 32.7 Å². The Morgan fingerprint density at radius 1 is 0.870 bits per heavy atom. The molecule has 0 unspecified atom stereocenters. The second kappa shape index (κ2) is 7.35. The highest BCUT2D eigenvalue weighted by Gasteiger charge is 2.01. The van der Waals surface area contributed by atoms with Crippen molar-refractivity contribution in [2.45, 2.75) is 6.42 Å². The summed E-state index contributed by atoms with van der Waals surface area (Å²) in [5.41, 5.74) is 1.92. The van der Waals surface area contributed by atoms with Gasteiger partial charge in [-0.15, -0.1) is 0 Å². The maximum atomic E-state index is 13.2. The van der Waals surface area contributed by atoms with Gasteiger partial charge in [-0.2, -0.15) is 0 Å². The molecule has 0 aliphatic rings. The second-order valence-electron chi connectivity index (χ2n) is 5.09. The standard InChI is InChI=1S/C18H17FN4/c19-15-7-4-8-16(11-15)23-18-12-17(21-13-22-18)20-10-9-14-5-2-1-3-6-14/h1-8,11-13H,9-10H2,(H2,20,21,22,23). The first-order valence-electron chi connectivity index (χ1n) is 7.42. The summed E-state index contributed by atoms with van der Waals surface area (Å²) >= 11 is 0. The fraction of sp³-hybridized carbons (Fsp3) is 0.111. The van der Waals surface area contributed by atoms with Crippen molar-refractivity contribution in [2.75, 3.05) is 17.2 Å². The van der Waals surface area contributed by atoms with Gasteiger partial charge in [0, 0.05) is 18.3 Å². The average Bonchev–Trinajstić information content (AvgIpc) is 2.56. The van der Waals surface area contributed by atoms with Gasteiger partial charge in [0.2, 0.25) is 0 Å². The molecular formula is C18H17FN4. The molecular weight excluding hydrogens is 291 g/mol. The Kier molecular flexibility index (Phi) is 4.79. The lowest BCUT2D eigenvalue weighted by Gasteiger charge is -2.09. The second-order valence-corrected chi connectivity index (χ2v) is 5.09. The molecule has 3 aromatic rings. The van der Waals surface area contributed by atoms with Gasteiger partial charge in [-0.05, 0) is 30.2 Å². The molecule has 0 amide bonds.